The summed E-state index contributed by atoms with van der Waals surface area (Å²) in [7, 11) is 0. The maximum Gasteiger partial charge on any atom is 0.351 e. The van der Waals surface area contributed by atoms with Gasteiger partial charge in [0.25, 0.3) is 0 Å². The number of halogens is 2. The number of hydrogen-bond donors (Lipinski definition) is 0. The molecule has 23 heavy (non-hydrogen) atoms. The van der Waals surface area contributed by atoms with Crippen molar-refractivity contribution < 1.29 is 18.3 Å². The van der Waals surface area contributed by atoms with E-state index in [0.29, 0.717) is 11.0 Å². The predicted molar refractivity (Wildman–Crippen MR) is 83.4 cm³/mol. The summed E-state index contributed by atoms with van der Waals surface area (Å²) in [6.45, 7) is 0. The predicted octanol–water partition coefficient (Wildman–Crippen LogP) is 3.89. The molecule has 6 heteroatoms. The van der Waals surface area contributed by atoms with Crippen LogP contribution >= 0.6 is 11.6 Å². The van der Waals surface area contributed by atoms with Crippen LogP contribution in [0.25, 0.3) is 11.0 Å². The van der Waals surface area contributed by atoms with E-state index < -0.39 is 17.4 Å². The Morgan fingerprint density at radius 2 is 2.00 bits per heavy atom. The molecule has 0 aliphatic rings. The van der Waals surface area contributed by atoms with Crippen molar-refractivity contribution in [3.05, 3.63) is 75.9 Å². The van der Waals surface area contributed by atoms with Crippen molar-refractivity contribution in [3.8, 4) is 5.75 Å². The number of carbonyl (C=O) groups excluding carboxylic acids is 1. The fourth-order valence-corrected chi connectivity index (χ4v) is 2.26. The lowest BCUT2D eigenvalue weighted by atomic mass is 10.1. The number of alkyl halides is 1. The SMILES string of the molecule is O=C(Oc1cccc(F)c1)c1cc2cc(CCl)ccc2oc1=O. The van der Waals surface area contributed by atoms with E-state index in [1.807, 2.05) is 0 Å². The van der Waals surface area contributed by atoms with Crippen molar-refractivity contribution in [2.45, 2.75) is 5.88 Å². The first kappa shape index (κ1) is 15.2. The summed E-state index contributed by atoms with van der Waals surface area (Å²) in [6, 6.07) is 11.5. The Morgan fingerprint density at radius 1 is 1.17 bits per heavy atom. The molecular weight excluding hydrogens is 323 g/mol. The second-order valence-corrected chi connectivity index (χ2v) is 5.07. The van der Waals surface area contributed by atoms with Crippen molar-refractivity contribution in [1.82, 2.24) is 0 Å². The van der Waals surface area contributed by atoms with Crippen LogP contribution in [0.2, 0.25) is 0 Å². The Labute approximate surface area is 135 Å². The van der Waals surface area contributed by atoms with E-state index in [9.17, 15) is 14.0 Å². The number of rotatable bonds is 3. The van der Waals surface area contributed by atoms with Crippen LogP contribution in [0.5, 0.6) is 5.75 Å². The molecular formula is C17H10ClFO4. The van der Waals surface area contributed by atoms with Gasteiger partial charge < -0.3 is 9.15 Å². The number of esters is 1. The maximum absolute atomic E-state index is 13.1. The zero-order valence-electron chi connectivity index (χ0n) is 11.7. The molecule has 1 heterocycles. The fraction of sp³-hybridized carbons (Fsp3) is 0.0588. The average Bonchev–Trinajstić information content (AvgIpc) is 2.53. The monoisotopic (exact) mass is 332 g/mol. The number of fused-ring (bicyclic) bond motifs is 1. The molecule has 0 spiro atoms. The zero-order valence-corrected chi connectivity index (χ0v) is 12.5. The van der Waals surface area contributed by atoms with E-state index in [1.165, 1.54) is 24.3 Å². The molecule has 3 aromatic rings. The topological polar surface area (TPSA) is 56.5 Å². The lowest BCUT2D eigenvalue weighted by molar-refractivity contribution is 0.0730. The average molecular weight is 333 g/mol. The van der Waals surface area contributed by atoms with Gasteiger partial charge in [-0.3, -0.25) is 0 Å². The fourth-order valence-electron chi connectivity index (χ4n) is 2.09. The third-order valence-electron chi connectivity index (χ3n) is 3.18. The molecule has 0 aliphatic heterocycles. The zero-order chi connectivity index (χ0) is 16.4. The normalized spacial score (nSPS) is 10.7. The van der Waals surface area contributed by atoms with E-state index in [-0.39, 0.29) is 17.2 Å². The van der Waals surface area contributed by atoms with Gasteiger partial charge in [-0.1, -0.05) is 12.1 Å². The molecule has 0 aliphatic carbocycles. The van der Waals surface area contributed by atoms with Crippen LogP contribution in [0.3, 0.4) is 0 Å². The Kier molecular flexibility index (Phi) is 4.12. The lowest BCUT2D eigenvalue weighted by Gasteiger charge is -2.05. The van der Waals surface area contributed by atoms with E-state index in [0.717, 1.165) is 11.6 Å². The largest absolute Gasteiger partial charge is 0.423 e. The van der Waals surface area contributed by atoms with Gasteiger partial charge in [-0.05, 0) is 35.9 Å². The van der Waals surface area contributed by atoms with Crippen molar-refractivity contribution in [2.75, 3.05) is 0 Å². The van der Waals surface area contributed by atoms with Crippen LogP contribution in [0.4, 0.5) is 4.39 Å². The minimum atomic E-state index is -0.914. The maximum atomic E-state index is 13.1. The van der Waals surface area contributed by atoms with Crippen molar-refractivity contribution >= 4 is 28.5 Å². The minimum Gasteiger partial charge on any atom is -0.423 e. The molecule has 0 N–H and O–H groups in total. The van der Waals surface area contributed by atoms with Crippen LogP contribution < -0.4 is 10.4 Å². The van der Waals surface area contributed by atoms with Crippen LogP contribution in [0.1, 0.15) is 15.9 Å². The molecule has 0 fully saturated rings. The summed E-state index contributed by atoms with van der Waals surface area (Å²) in [5.41, 5.74) is 0.0645. The van der Waals surface area contributed by atoms with Gasteiger partial charge in [0.2, 0.25) is 0 Å². The first-order valence-corrected chi connectivity index (χ1v) is 7.21. The highest BCUT2D eigenvalue weighted by molar-refractivity contribution is 6.17. The summed E-state index contributed by atoms with van der Waals surface area (Å²) in [6.07, 6.45) is 0. The number of hydrogen-bond acceptors (Lipinski definition) is 4. The van der Waals surface area contributed by atoms with Gasteiger partial charge in [0.15, 0.2) is 0 Å². The molecule has 3 rings (SSSR count). The van der Waals surface area contributed by atoms with Crippen LogP contribution in [0.15, 0.2) is 57.7 Å². The quantitative estimate of drug-likeness (QED) is 0.316. The first-order chi connectivity index (χ1) is 11.1. The Bertz CT molecular complexity index is 949. The van der Waals surface area contributed by atoms with E-state index in [1.54, 1.807) is 18.2 Å². The van der Waals surface area contributed by atoms with Gasteiger partial charge in [0, 0.05) is 17.3 Å². The Morgan fingerprint density at radius 3 is 2.74 bits per heavy atom. The molecule has 4 nitrogen and oxygen atoms in total. The van der Waals surface area contributed by atoms with Crippen LogP contribution in [0, 0.1) is 5.82 Å². The number of benzene rings is 2. The highest BCUT2D eigenvalue weighted by atomic mass is 35.5. The highest BCUT2D eigenvalue weighted by Crippen LogP contribution is 2.18. The second kappa shape index (κ2) is 6.22. The van der Waals surface area contributed by atoms with E-state index >= 15 is 0 Å². The molecule has 1 aromatic heterocycles. The highest BCUT2D eigenvalue weighted by Gasteiger charge is 2.16. The van der Waals surface area contributed by atoms with Crippen molar-refractivity contribution in [1.29, 1.82) is 0 Å². The number of carbonyl (C=O) groups is 1. The molecule has 0 saturated carbocycles. The Hall–Kier alpha value is -2.66. The van der Waals surface area contributed by atoms with Gasteiger partial charge in [-0.25, -0.2) is 14.0 Å². The van der Waals surface area contributed by atoms with Crippen molar-refractivity contribution in [2.24, 2.45) is 0 Å². The smallest absolute Gasteiger partial charge is 0.351 e. The summed E-state index contributed by atoms with van der Waals surface area (Å²) >= 11 is 5.76. The third-order valence-corrected chi connectivity index (χ3v) is 3.49. The van der Waals surface area contributed by atoms with Crippen LogP contribution in [-0.2, 0) is 5.88 Å². The molecule has 0 unspecified atom stereocenters. The molecule has 2 aromatic carbocycles. The summed E-state index contributed by atoms with van der Waals surface area (Å²) in [5.74, 6) is -1.17. The molecule has 0 atom stereocenters. The first-order valence-electron chi connectivity index (χ1n) is 6.67. The standard InChI is InChI=1S/C17H10ClFO4/c18-9-10-4-5-15-11(6-10)7-14(17(21)23-15)16(20)22-13-3-1-2-12(19)8-13/h1-8H,9H2. The van der Waals surface area contributed by atoms with Gasteiger partial charge in [-0.15, -0.1) is 11.6 Å². The van der Waals surface area contributed by atoms with Gasteiger partial charge >= 0.3 is 11.6 Å². The lowest BCUT2D eigenvalue weighted by Crippen LogP contribution is -2.18. The Balaban J connectivity index is 1.99. The summed E-state index contributed by atoms with van der Waals surface area (Å²) < 4.78 is 23.2. The number of ether oxygens (including phenoxy) is 1. The summed E-state index contributed by atoms with van der Waals surface area (Å²) in [5, 5.41) is 0.550. The molecule has 0 bridgehead atoms. The van der Waals surface area contributed by atoms with E-state index in [4.69, 9.17) is 20.8 Å². The third kappa shape index (κ3) is 3.24. The molecule has 0 saturated heterocycles. The van der Waals surface area contributed by atoms with Crippen molar-refractivity contribution in [3.63, 3.8) is 0 Å². The van der Waals surface area contributed by atoms with Gasteiger partial charge in [0.05, 0.1) is 0 Å². The molecule has 0 radical (unpaired) electrons. The summed E-state index contributed by atoms with van der Waals surface area (Å²) in [4.78, 5) is 24.0. The van der Waals surface area contributed by atoms with E-state index in [2.05, 4.69) is 0 Å². The second-order valence-electron chi connectivity index (χ2n) is 4.80. The molecule has 0 amide bonds. The van der Waals surface area contributed by atoms with Gasteiger partial charge in [-0.2, -0.15) is 0 Å². The minimum absolute atomic E-state index is 0.00371. The van der Waals surface area contributed by atoms with Crippen LogP contribution in [-0.4, -0.2) is 5.97 Å². The van der Waals surface area contributed by atoms with Gasteiger partial charge in [0.1, 0.15) is 22.7 Å². The molecule has 116 valence electrons.